The van der Waals surface area contributed by atoms with Gasteiger partial charge in [-0.3, -0.25) is 4.79 Å². The maximum absolute atomic E-state index is 10.6. The lowest BCUT2D eigenvalue weighted by molar-refractivity contribution is 0.112. The van der Waals surface area contributed by atoms with Crippen LogP contribution in [0.4, 0.5) is 0 Å². The van der Waals surface area contributed by atoms with Crippen molar-refractivity contribution in [2.75, 3.05) is 7.11 Å². The average Bonchev–Trinajstić information content (AvgIpc) is 2.53. The average molecular weight is 268 g/mol. The SMILES string of the molecule is C=C(OC)c1cccc(COc2ccc(C=O)cc2)c1. The van der Waals surface area contributed by atoms with Crippen molar-refractivity contribution in [2.24, 2.45) is 0 Å². The van der Waals surface area contributed by atoms with Gasteiger partial charge in [0, 0.05) is 11.1 Å². The quantitative estimate of drug-likeness (QED) is 0.592. The largest absolute Gasteiger partial charge is 0.497 e. The van der Waals surface area contributed by atoms with Gasteiger partial charge in [-0.15, -0.1) is 0 Å². The normalized spacial score (nSPS) is 9.85. The van der Waals surface area contributed by atoms with Crippen molar-refractivity contribution in [3.8, 4) is 5.75 Å². The third-order valence-electron chi connectivity index (χ3n) is 2.92. The Morgan fingerprint density at radius 2 is 1.95 bits per heavy atom. The molecule has 0 amide bonds. The highest BCUT2D eigenvalue weighted by molar-refractivity contribution is 5.74. The molecule has 0 aromatic heterocycles. The Morgan fingerprint density at radius 1 is 1.20 bits per heavy atom. The summed E-state index contributed by atoms with van der Waals surface area (Å²) in [5, 5.41) is 0. The van der Waals surface area contributed by atoms with E-state index in [1.807, 2.05) is 24.3 Å². The Labute approximate surface area is 118 Å². The van der Waals surface area contributed by atoms with Crippen molar-refractivity contribution in [1.29, 1.82) is 0 Å². The van der Waals surface area contributed by atoms with E-state index in [1.54, 1.807) is 31.4 Å². The molecule has 0 bridgehead atoms. The van der Waals surface area contributed by atoms with Crippen LogP contribution in [0.15, 0.2) is 55.1 Å². The molecule has 2 aromatic rings. The standard InChI is InChI=1S/C17H16O3/c1-13(19-2)16-5-3-4-15(10-16)12-20-17-8-6-14(11-18)7-9-17/h3-11H,1,12H2,2H3. The molecule has 2 aromatic carbocycles. The monoisotopic (exact) mass is 268 g/mol. The molecule has 2 rings (SSSR count). The van der Waals surface area contributed by atoms with Crippen LogP contribution in [0.3, 0.4) is 0 Å². The van der Waals surface area contributed by atoms with Gasteiger partial charge in [-0.1, -0.05) is 24.8 Å². The summed E-state index contributed by atoms with van der Waals surface area (Å²) in [6.07, 6.45) is 0.809. The zero-order valence-corrected chi connectivity index (χ0v) is 11.3. The third-order valence-corrected chi connectivity index (χ3v) is 2.92. The molecule has 0 aliphatic heterocycles. The van der Waals surface area contributed by atoms with E-state index in [2.05, 4.69) is 6.58 Å². The van der Waals surface area contributed by atoms with Crippen molar-refractivity contribution in [2.45, 2.75) is 6.61 Å². The molecular weight excluding hydrogens is 252 g/mol. The molecule has 0 fully saturated rings. The van der Waals surface area contributed by atoms with Gasteiger partial charge >= 0.3 is 0 Å². The molecule has 0 unspecified atom stereocenters. The highest BCUT2D eigenvalue weighted by atomic mass is 16.5. The summed E-state index contributed by atoms with van der Waals surface area (Å²) in [7, 11) is 1.60. The van der Waals surface area contributed by atoms with Crippen molar-refractivity contribution in [1.82, 2.24) is 0 Å². The summed E-state index contributed by atoms with van der Waals surface area (Å²) in [6, 6.07) is 14.8. The van der Waals surface area contributed by atoms with Gasteiger partial charge in [-0.05, 0) is 35.9 Å². The van der Waals surface area contributed by atoms with Crippen molar-refractivity contribution in [3.63, 3.8) is 0 Å². The van der Waals surface area contributed by atoms with Gasteiger partial charge < -0.3 is 9.47 Å². The first-order valence-electron chi connectivity index (χ1n) is 6.23. The number of methoxy groups -OCH3 is 1. The first-order valence-corrected chi connectivity index (χ1v) is 6.23. The number of benzene rings is 2. The second kappa shape index (κ2) is 6.57. The second-order valence-electron chi connectivity index (χ2n) is 4.30. The number of aldehydes is 1. The lowest BCUT2D eigenvalue weighted by atomic mass is 10.1. The van der Waals surface area contributed by atoms with Gasteiger partial charge in [0.25, 0.3) is 0 Å². The number of ether oxygens (including phenoxy) is 2. The number of rotatable bonds is 6. The smallest absolute Gasteiger partial charge is 0.150 e. The molecule has 0 saturated carbocycles. The Balaban J connectivity index is 2.02. The van der Waals surface area contributed by atoms with Crippen LogP contribution in [-0.2, 0) is 11.3 Å². The summed E-state index contributed by atoms with van der Waals surface area (Å²) >= 11 is 0. The molecule has 102 valence electrons. The molecule has 3 nitrogen and oxygen atoms in total. The topological polar surface area (TPSA) is 35.5 Å². The predicted octanol–water partition coefficient (Wildman–Crippen LogP) is 3.70. The summed E-state index contributed by atoms with van der Waals surface area (Å²) in [4.78, 5) is 10.6. The third kappa shape index (κ3) is 3.48. The molecule has 0 saturated heterocycles. The van der Waals surface area contributed by atoms with E-state index >= 15 is 0 Å². The van der Waals surface area contributed by atoms with Crippen LogP contribution in [-0.4, -0.2) is 13.4 Å². The van der Waals surface area contributed by atoms with Crippen LogP contribution < -0.4 is 4.74 Å². The summed E-state index contributed by atoms with van der Waals surface area (Å²) in [5.74, 6) is 1.36. The fourth-order valence-electron chi connectivity index (χ4n) is 1.76. The summed E-state index contributed by atoms with van der Waals surface area (Å²) in [5.41, 5.74) is 2.60. The minimum atomic E-state index is 0.450. The fourth-order valence-corrected chi connectivity index (χ4v) is 1.76. The molecular formula is C17H16O3. The second-order valence-corrected chi connectivity index (χ2v) is 4.30. The molecule has 0 atom stereocenters. The molecule has 0 aliphatic rings. The molecule has 20 heavy (non-hydrogen) atoms. The number of hydrogen-bond acceptors (Lipinski definition) is 3. The van der Waals surface area contributed by atoms with Gasteiger partial charge in [0.2, 0.25) is 0 Å². The van der Waals surface area contributed by atoms with E-state index in [0.717, 1.165) is 23.2 Å². The van der Waals surface area contributed by atoms with Gasteiger partial charge in [0.1, 0.15) is 24.4 Å². The fraction of sp³-hybridized carbons (Fsp3) is 0.118. The maximum atomic E-state index is 10.6. The van der Waals surface area contributed by atoms with Crippen molar-refractivity contribution in [3.05, 3.63) is 71.8 Å². The van der Waals surface area contributed by atoms with Crippen molar-refractivity contribution < 1.29 is 14.3 Å². The Kier molecular flexibility index (Phi) is 4.56. The number of carbonyl (C=O) groups excluding carboxylic acids is 1. The zero-order valence-electron chi connectivity index (χ0n) is 11.3. The Hall–Kier alpha value is -2.55. The zero-order chi connectivity index (χ0) is 14.4. The van der Waals surface area contributed by atoms with Crippen LogP contribution in [0.5, 0.6) is 5.75 Å². The van der Waals surface area contributed by atoms with Gasteiger partial charge in [0.15, 0.2) is 0 Å². The summed E-state index contributed by atoms with van der Waals surface area (Å²) < 4.78 is 10.8. The molecule has 0 radical (unpaired) electrons. The van der Waals surface area contributed by atoms with Gasteiger partial charge in [-0.25, -0.2) is 0 Å². The molecule has 0 spiro atoms. The minimum absolute atomic E-state index is 0.450. The Bertz CT molecular complexity index is 600. The van der Waals surface area contributed by atoms with Crippen LogP contribution in [0, 0.1) is 0 Å². The first-order chi connectivity index (χ1) is 9.72. The molecule has 0 N–H and O–H groups in total. The van der Waals surface area contributed by atoms with E-state index < -0.39 is 0 Å². The maximum Gasteiger partial charge on any atom is 0.150 e. The van der Waals surface area contributed by atoms with Gasteiger partial charge in [0.05, 0.1) is 7.11 Å². The van der Waals surface area contributed by atoms with Crippen LogP contribution >= 0.6 is 0 Å². The van der Waals surface area contributed by atoms with E-state index in [1.165, 1.54) is 0 Å². The number of hydrogen-bond donors (Lipinski definition) is 0. The van der Waals surface area contributed by atoms with Crippen LogP contribution in [0.2, 0.25) is 0 Å². The lowest BCUT2D eigenvalue weighted by Gasteiger charge is -2.09. The predicted molar refractivity (Wildman–Crippen MR) is 78.6 cm³/mol. The van der Waals surface area contributed by atoms with Crippen LogP contribution in [0.1, 0.15) is 21.5 Å². The van der Waals surface area contributed by atoms with E-state index in [9.17, 15) is 4.79 Å². The molecule has 3 heteroatoms. The lowest BCUT2D eigenvalue weighted by Crippen LogP contribution is -1.97. The minimum Gasteiger partial charge on any atom is -0.497 e. The summed E-state index contributed by atoms with van der Waals surface area (Å²) in [6.45, 7) is 4.28. The van der Waals surface area contributed by atoms with Crippen LogP contribution in [0.25, 0.3) is 5.76 Å². The molecule has 0 heterocycles. The first kappa shape index (κ1) is 13.9. The van der Waals surface area contributed by atoms with Gasteiger partial charge in [-0.2, -0.15) is 0 Å². The molecule has 0 aliphatic carbocycles. The van der Waals surface area contributed by atoms with E-state index in [0.29, 0.717) is 17.9 Å². The highest BCUT2D eigenvalue weighted by Crippen LogP contribution is 2.17. The number of carbonyl (C=O) groups is 1. The van der Waals surface area contributed by atoms with E-state index in [-0.39, 0.29) is 0 Å². The van der Waals surface area contributed by atoms with Crippen molar-refractivity contribution >= 4 is 12.0 Å². The Morgan fingerprint density at radius 3 is 2.60 bits per heavy atom. The highest BCUT2D eigenvalue weighted by Gasteiger charge is 2.01. The van der Waals surface area contributed by atoms with E-state index in [4.69, 9.17) is 9.47 Å².